The van der Waals surface area contributed by atoms with Crippen molar-refractivity contribution < 1.29 is 4.79 Å². The molecule has 0 saturated carbocycles. The molecule has 2 N–H and O–H groups in total. The number of benzene rings is 1. The summed E-state index contributed by atoms with van der Waals surface area (Å²) in [5.74, 6) is -0.214. The lowest BCUT2D eigenvalue weighted by Crippen LogP contribution is -2.37. The molecule has 1 heterocycles. The smallest absolute Gasteiger partial charge is 0.254 e. The molecule has 1 atom stereocenters. The molecule has 17 heavy (non-hydrogen) atoms. The zero-order valence-electron chi connectivity index (χ0n) is 9.30. The maximum absolute atomic E-state index is 11.9. The van der Waals surface area contributed by atoms with Gasteiger partial charge in [-0.25, -0.2) is 0 Å². The molecule has 0 spiro atoms. The molecule has 3 nitrogen and oxygen atoms in total. The molecule has 1 saturated heterocycles. The molecule has 2 rings (SSSR count). The van der Waals surface area contributed by atoms with Gasteiger partial charge in [0.05, 0.1) is 15.6 Å². The molecule has 92 valence electrons. The summed E-state index contributed by atoms with van der Waals surface area (Å²) in [4.78, 5) is 11.9. The summed E-state index contributed by atoms with van der Waals surface area (Å²) in [6.07, 6.45) is 2.25. The van der Waals surface area contributed by atoms with Gasteiger partial charge in [0.1, 0.15) is 0 Å². The number of amides is 1. The Morgan fingerprint density at radius 1 is 1.41 bits per heavy atom. The van der Waals surface area contributed by atoms with E-state index in [9.17, 15) is 4.79 Å². The van der Waals surface area contributed by atoms with Gasteiger partial charge in [0.2, 0.25) is 0 Å². The van der Waals surface area contributed by atoms with E-state index in [2.05, 4.69) is 10.6 Å². The number of hydrogen-bond acceptors (Lipinski definition) is 2. The van der Waals surface area contributed by atoms with E-state index in [0.29, 0.717) is 28.2 Å². The summed E-state index contributed by atoms with van der Waals surface area (Å²) >= 11 is 11.9. The molecule has 1 unspecified atom stereocenters. The fraction of sp³-hybridized carbons (Fsp3) is 0.417. The molecule has 1 aromatic carbocycles. The summed E-state index contributed by atoms with van der Waals surface area (Å²) in [5, 5.41) is 6.93. The molecule has 0 bridgehead atoms. The van der Waals surface area contributed by atoms with Gasteiger partial charge in [-0.2, -0.15) is 0 Å². The van der Waals surface area contributed by atoms with Crippen LogP contribution in [-0.4, -0.2) is 25.0 Å². The van der Waals surface area contributed by atoms with E-state index in [-0.39, 0.29) is 5.91 Å². The zero-order chi connectivity index (χ0) is 12.3. The molecular weight excluding hydrogens is 259 g/mol. The van der Waals surface area contributed by atoms with E-state index in [0.717, 1.165) is 19.4 Å². The maximum Gasteiger partial charge on any atom is 0.254 e. The van der Waals surface area contributed by atoms with Crippen LogP contribution in [0.15, 0.2) is 18.2 Å². The van der Waals surface area contributed by atoms with Crippen molar-refractivity contribution in [2.75, 3.05) is 13.1 Å². The molecule has 5 heteroatoms. The number of carbonyl (C=O) groups is 1. The van der Waals surface area contributed by atoms with Crippen molar-refractivity contribution in [3.05, 3.63) is 33.8 Å². The molecule has 0 aliphatic carbocycles. The summed E-state index contributed by atoms with van der Waals surface area (Å²) in [6, 6.07) is 5.41. The monoisotopic (exact) mass is 272 g/mol. The van der Waals surface area contributed by atoms with Crippen LogP contribution in [0.3, 0.4) is 0 Å². The van der Waals surface area contributed by atoms with Crippen molar-refractivity contribution in [1.29, 1.82) is 0 Å². The van der Waals surface area contributed by atoms with Gasteiger partial charge in [-0.3, -0.25) is 4.79 Å². The first-order valence-electron chi connectivity index (χ1n) is 5.64. The van der Waals surface area contributed by atoms with Gasteiger partial charge in [0.25, 0.3) is 5.91 Å². The Morgan fingerprint density at radius 2 is 2.12 bits per heavy atom. The molecule has 1 aliphatic rings. The van der Waals surface area contributed by atoms with Crippen LogP contribution in [0.4, 0.5) is 0 Å². The third-order valence-corrected chi connectivity index (χ3v) is 3.49. The SMILES string of the molecule is O=C(NCC1CCCN1)c1c(Cl)cccc1Cl. The Morgan fingerprint density at radius 3 is 2.71 bits per heavy atom. The van der Waals surface area contributed by atoms with Crippen LogP contribution in [0.2, 0.25) is 10.0 Å². The van der Waals surface area contributed by atoms with Gasteiger partial charge in [-0.1, -0.05) is 29.3 Å². The highest BCUT2D eigenvalue weighted by Gasteiger charge is 2.18. The first-order valence-corrected chi connectivity index (χ1v) is 6.39. The van der Waals surface area contributed by atoms with Crippen molar-refractivity contribution in [2.45, 2.75) is 18.9 Å². The van der Waals surface area contributed by atoms with Crippen LogP contribution in [0.5, 0.6) is 0 Å². The molecular formula is C12H14Cl2N2O. The van der Waals surface area contributed by atoms with Crippen molar-refractivity contribution in [2.24, 2.45) is 0 Å². The van der Waals surface area contributed by atoms with Gasteiger partial charge < -0.3 is 10.6 Å². The van der Waals surface area contributed by atoms with Gasteiger partial charge in [-0.05, 0) is 31.5 Å². The fourth-order valence-electron chi connectivity index (χ4n) is 1.95. The maximum atomic E-state index is 11.9. The predicted octanol–water partition coefficient (Wildman–Crippen LogP) is 2.48. The van der Waals surface area contributed by atoms with Crippen molar-refractivity contribution in [1.82, 2.24) is 10.6 Å². The molecule has 0 aromatic heterocycles. The Balaban J connectivity index is 1.99. The third kappa shape index (κ3) is 3.12. The van der Waals surface area contributed by atoms with Crippen molar-refractivity contribution >= 4 is 29.1 Å². The van der Waals surface area contributed by atoms with E-state index in [1.807, 2.05) is 0 Å². The van der Waals surface area contributed by atoms with Crippen LogP contribution in [0.1, 0.15) is 23.2 Å². The van der Waals surface area contributed by atoms with Gasteiger partial charge in [0, 0.05) is 12.6 Å². The lowest BCUT2D eigenvalue weighted by molar-refractivity contribution is 0.0950. The quantitative estimate of drug-likeness (QED) is 0.888. The second-order valence-corrected chi connectivity index (χ2v) is 4.91. The normalized spacial score (nSPS) is 19.3. The first kappa shape index (κ1) is 12.7. The van der Waals surface area contributed by atoms with Crippen LogP contribution < -0.4 is 10.6 Å². The van der Waals surface area contributed by atoms with Crippen molar-refractivity contribution in [3.8, 4) is 0 Å². The number of halogens is 2. The standard InChI is InChI=1S/C12H14Cl2N2O/c13-9-4-1-5-10(14)11(9)12(17)16-7-8-3-2-6-15-8/h1,4-5,8,15H,2-3,6-7H2,(H,16,17). The van der Waals surface area contributed by atoms with E-state index in [1.165, 1.54) is 0 Å². The van der Waals surface area contributed by atoms with Gasteiger partial charge in [0.15, 0.2) is 0 Å². The summed E-state index contributed by atoms with van der Waals surface area (Å²) in [5.41, 5.74) is 0.355. The minimum atomic E-state index is -0.214. The van der Waals surface area contributed by atoms with Crippen LogP contribution >= 0.6 is 23.2 Å². The summed E-state index contributed by atoms with van der Waals surface area (Å²) in [6.45, 7) is 1.63. The van der Waals surface area contributed by atoms with E-state index in [1.54, 1.807) is 18.2 Å². The van der Waals surface area contributed by atoms with Crippen LogP contribution in [0.25, 0.3) is 0 Å². The lowest BCUT2D eigenvalue weighted by Gasteiger charge is -2.12. The third-order valence-electron chi connectivity index (χ3n) is 2.86. The van der Waals surface area contributed by atoms with Crippen molar-refractivity contribution in [3.63, 3.8) is 0 Å². The average Bonchev–Trinajstić information content (AvgIpc) is 2.79. The summed E-state index contributed by atoms with van der Waals surface area (Å²) in [7, 11) is 0. The molecule has 0 radical (unpaired) electrons. The number of rotatable bonds is 3. The Hall–Kier alpha value is -0.770. The number of hydrogen-bond donors (Lipinski definition) is 2. The predicted molar refractivity (Wildman–Crippen MR) is 69.8 cm³/mol. The van der Waals surface area contributed by atoms with E-state index in [4.69, 9.17) is 23.2 Å². The van der Waals surface area contributed by atoms with E-state index >= 15 is 0 Å². The Labute approximate surface area is 110 Å². The molecule has 1 fully saturated rings. The summed E-state index contributed by atoms with van der Waals surface area (Å²) < 4.78 is 0. The van der Waals surface area contributed by atoms with Crippen LogP contribution in [-0.2, 0) is 0 Å². The first-order chi connectivity index (χ1) is 8.18. The Kier molecular flexibility index (Phi) is 4.26. The minimum Gasteiger partial charge on any atom is -0.350 e. The highest BCUT2D eigenvalue weighted by molar-refractivity contribution is 6.39. The fourth-order valence-corrected chi connectivity index (χ4v) is 2.52. The second kappa shape index (κ2) is 5.71. The number of carbonyl (C=O) groups excluding carboxylic acids is 1. The van der Waals surface area contributed by atoms with Crippen LogP contribution in [0, 0.1) is 0 Å². The number of nitrogens with one attached hydrogen (secondary N) is 2. The average molecular weight is 273 g/mol. The zero-order valence-corrected chi connectivity index (χ0v) is 10.8. The minimum absolute atomic E-state index is 0.214. The topological polar surface area (TPSA) is 41.1 Å². The molecule has 1 amide bonds. The highest BCUT2D eigenvalue weighted by atomic mass is 35.5. The Bertz CT molecular complexity index is 397. The molecule has 1 aromatic rings. The van der Waals surface area contributed by atoms with Gasteiger partial charge in [-0.15, -0.1) is 0 Å². The van der Waals surface area contributed by atoms with E-state index < -0.39 is 0 Å². The molecule has 1 aliphatic heterocycles. The largest absolute Gasteiger partial charge is 0.350 e. The second-order valence-electron chi connectivity index (χ2n) is 4.10. The lowest BCUT2D eigenvalue weighted by atomic mass is 10.2. The van der Waals surface area contributed by atoms with Gasteiger partial charge >= 0.3 is 0 Å². The highest BCUT2D eigenvalue weighted by Crippen LogP contribution is 2.23.